The first-order chi connectivity index (χ1) is 6.56. The quantitative estimate of drug-likeness (QED) is 0.313. The summed E-state index contributed by atoms with van der Waals surface area (Å²) >= 11 is 0. The largest absolute Gasteiger partial charge is 0.509 e. The summed E-state index contributed by atoms with van der Waals surface area (Å²) in [4.78, 5) is 17.8. The predicted octanol–water partition coefficient (Wildman–Crippen LogP) is 1.42. The van der Waals surface area contributed by atoms with Gasteiger partial charge in [0, 0.05) is 13.1 Å². The predicted molar refractivity (Wildman–Crippen MR) is 58.5 cm³/mol. The molecule has 0 radical (unpaired) electrons. The summed E-state index contributed by atoms with van der Waals surface area (Å²) in [6, 6.07) is 0. The molecule has 3 N–H and O–H groups in total. The molecule has 0 saturated heterocycles. The Morgan fingerprint density at radius 2 is 1.64 bits per heavy atom. The van der Waals surface area contributed by atoms with Crippen LogP contribution in [0, 0.1) is 0 Å². The summed E-state index contributed by atoms with van der Waals surface area (Å²) < 4.78 is 4.66. The molecule has 0 aromatic rings. The number of nitrogens with one attached hydrogen (secondary N) is 1. The monoisotopic (exact) mass is 221 g/mol. The van der Waals surface area contributed by atoms with Gasteiger partial charge in [0.15, 0.2) is 0 Å². The third kappa shape index (κ3) is 12.1. The van der Waals surface area contributed by atoms with Crippen LogP contribution in [0.3, 0.4) is 0 Å². The number of hydroxylamine groups is 1. The van der Waals surface area contributed by atoms with Gasteiger partial charge in [-0.15, -0.1) is 0 Å². The van der Waals surface area contributed by atoms with Gasteiger partial charge < -0.3 is 9.59 Å². The Balaban J connectivity index is 2.99. The molecule has 4 nitrogen and oxygen atoms in total. The van der Waals surface area contributed by atoms with Gasteiger partial charge in [-0.3, -0.25) is 4.53 Å². The van der Waals surface area contributed by atoms with Crippen LogP contribution in [0.4, 0.5) is 0 Å². The zero-order chi connectivity index (χ0) is 10.9. The number of hydrogen-bond acceptors (Lipinski definition) is 4. The Kier molecular flexibility index (Phi) is 8.41. The molecule has 0 aromatic heterocycles. The molecule has 0 saturated carbocycles. The van der Waals surface area contributed by atoms with Crippen LogP contribution in [0.15, 0.2) is 0 Å². The number of rotatable bonds is 9. The molecule has 0 aliphatic rings. The number of unbranched alkanes of at least 4 members (excludes halogenated alkanes) is 5. The van der Waals surface area contributed by atoms with Crippen molar-refractivity contribution in [3.63, 3.8) is 0 Å². The van der Waals surface area contributed by atoms with E-state index >= 15 is 0 Å². The van der Waals surface area contributed by atoms with E-state index in [2.05, 4.69) is 16.9 Å². The van der Waals surface area contributed by atoms with Crippen LogP contribution in [0.2, 0.25) is 6.55 Å². The lowest BCUT2D eigenvalue weighted by Gasteiger charge is -2.12. The Morgan fingerprint density at radius 1 is 1.07 bits per heavy atom. The lowest BCUT2D eigenvalue weighted by atomic mass is 10.1. The minimum Gasteiger partial charge on any atom is -0.389 e. The van der Waals surface area contributed by atoms with Crippen molar-refractivity contribution in [2.75, 3.05) is 6.54 Å². The third-order valence-electron chi connectivity index (χ3n) is 1.90. The fourth-order valence-corrected chi connectivity index (χ4v) is 1.54. The normalized spacial score (nSPS) is 12.0. The Labute approximate surface area is 87.6 Å². The van der Waals surface area contributed by atoms with Crippen molar-refractivity contribution in [2.24, 2.45) is 0 Å². The van der Waals surface area contributed by atoms with Gasteiger partial charge in [0.25, 0.3) is 0 Å². The van der Waals surface area contributed by atoms with E-state index in [9.17, 15) is 0 Å². The summed E-state index contributed by atoms with van der Waals surface area (Å²) in [6.07, 6.45) is 7.31. The lowest BCUT2D eigenvalue weighted by molar-refractivity contribution is 0.0842. The molecule has 0 amide bonds. The van der Waals surface area contributed by atoms with Gasteiger partial charge in [0.2, 0.25) is 0 Å². The van der Waals surface area contributed by atoms with Crippen molar-refractivity contribution in [1.82, 2.24) is 5.48 Å². The summed E-state index contributed by atoms with van der Waals surface area (Å²) in [6.45, 7) is 4.19. The average molecular weight is 221 g/mol. The van der Waals surface area contributed by atoms with Crippen LogP contribution in [-0.2, 0) is 4.53 Å². The maximum absolute atomic E-state index is 8.90. The van der Waals surface area contributed by atoms with E-state index in [4.69, 9.17) is 9.59 Å². The molecule has 14 heavy (non-hydrogen) atoms. The summed E-state index contributed by atoms with van der Waals surface area (Å²) in [5.74, 6) is 0. The van der Waals surface area contributed by atoms with E-state index in [1.54, 1.807) is 0 Å². The fourth-order valence-electron chi connectivity index (χ4n) is 1.17. The van der Waals surface area contributed by atoms with Crippen LogP contribution in [0.1, 0.15) is 45.4 Å². The highest BCUT2D eigenvalue weighted by molar-refractivity contribution is 6.55. The van der Waals surface area contributed by atoms with E-state index < -0.39 is 8.80 Å². The van der Waals surface area contributed by atoms with Crippen LogP contribution in [-0.4, -0.2) is 24.9 Å². The third-order valence-corrected chi connectivity index (χ3v) is 2.43. The van der Waals surface area contributed by atoms with Gasteiger partial charge in [-0.2, -0.15) is 0 Å². The second-order valence-electron chi connectivity index (χ2n) is 3.70. The molecular formula is C9H23NO3Si. The van der Waals surface area contributed by atoms with E-state index in [1.807, 2.05) is 0 Å². The van der Waals surface area contributed by atoms with Gasteiger partial charge in [0.1, 0.15) is 0 Å². The van der Waals surface area contributed by atoms with E-state index in [-0.39, 0.29) is 0 Å². The van der Waals surface area contributed by atoms with Gasteiger partial charge in [-0.25, -0.2) is 5.48 Å². The van der Waals surface area contributed by atoms with Crippen molar-refractivity contribution in [3.8, 4) is 0 Å². The first-order valence-corrected chi connectivity index (χ1v) is 7.72. The zero-order valence-electron chi connectivity index (χ0n) is 9.25. The van der Waals surface area contributed by atoms with Crippen LogP contribution in [0.25, 0.3) is 0 Å². The molecule has 0 atom stereocenters. The SMILES string of the molecule is CCCCCCCCNO[Si](C)(O)O. The van der Waals surface area contributed by atoms with Crippen LogP contribution in [0.5, 0.6) is 0 Å². The minimum absolute atomic E-state index is 0.690. The van der Waals surface area contributed by atoms with Gasteiger partial charge in [-0.05, 0) is 6.42 Å². The molecule has 86 valence electrons. The fraction of sp³-hybridized carbons (Fsp3) is 1.00. The van der Waals surface area contributed by atoms with E-state index in [0.29, 0.717) is 6.54 Å². The summed E-state index contributed by atoms with van der Waals surface area (Å²) in [5, 5.41) is 0. The van der Waals surface area contributed by atoms with Crippen LogP contribution >= 0.6 is 0 Å². The molecule has 5 heteroatoms. The van der Waals surface area contributed by atoms with Crippen molar-refractivity contribution in [3.05, 3.63) is 0 Å². The molecular weight excluding hydrogens is 198 g/mol. The summed E-state index contributed by atoms with van der Waals surface area (Å²) in [5.41, 5.74) is 2.58. The highest BCUT2D eigenvalue weighted by atomic mass is 28.4. The van der Waals surface area contributed by atoms with Gasteiger partial charge in [0.05, 0.1) is 0 Å². The molecule has 0 bridgehead atoms. The van der Waals surface area contributed by atoms with Crippen molar-refractivity contribution >= 4 is 8.80 Å². The molecule has 0 aliphatic carbocycles. The zero-order valence-corrected chi connectivity index (χ0v) is 10.3. The highest BCUT2D eigenvalue weighted by Crippen LogP contribution is 2.04. The maximum atomic E-state index is 8.90. The average Bonchev–Trinajstić information content (AvgIpc) is 2.08. The second kappa shape index (κ2) is 8.37. The second-order valence-corrected chi connectivity index (χ2v) is 5.77. The molecule has 0 heterocycles. The Bertz CT molecular complexity index is 128. The van der Waals surface area contributed by atoms with Gasteiger partial charge in [-0.1, -0.05) is 39.0 Å². The maximum Gasteiger partial charge on any atom is 0.509 e. The first kappa shape index (κ1) is 14.1. The van der Waals surface area contributed by atoms with E-state index in [1.165, 1.54) is 38.7 Å². The first-order valence-electron chi connectivity index (χ1n) is 5.42. The Morgan fingerprint density at radius 3 is 2.21 bits per heavy atom. The van der Waals surface area contributed by atoms with Crippen molar-refractivity contribution in [2.45, 2.75) is 52.0 Å². The lowest BCUT2D eigenvalue weighted by Crippen LogP contribution is -2.40. The molecule has 0 fully saturated rings. The molecule has 0 rings (SSSR count). The molecule has 0 spiro atoms. The summed E-state index contributed by atoms with van der Waals surface area (Å²) in [7, 11) is -3.35. The number of hydrogen-bond donors (Lipinski definition) is 3. The van der Waals surface area contributed by atoms with Crippen LogP contribution < -0.4 is 5.48 Å². The smallest absolute Gasteiger partial charge is 0.389 e. The topological polar surface area (TPSA) is 61.7 Å². The Hall–Kier alpha value is 0.0569. The minimum atomic E-state index is -3.35. The standard InChI is InChI=1S/C9H23NO3Si/c1-3-4-5-6-7-8-9-10-13-14(2,11)12/h10-12H,3-9H2,1-2H3. The highest BCUT2D eigenvalue weighted by Gasteiger charge is 2.23. The molecule has 0 aromatic carbocycles. The molecule has 0 unspecified atom stereocenters. The van der Waals surface area contributed by atoms with Crippen molar-refractivity contribution in [1.29, 1.82) is 0 Å². The van der Waals surface area contributed by atoms with E-state index in [0.717, 1.165) is 6.42 Å². The molecule has 0 aliphatic heterocycles. The van der Waals surface area contributed by atoms with Gasteiger partial charge >= 0.3 is 8.80 Å². The van der Waals surface area contributed by atoms with Crippen molar-refractivity contribution < 1.29 is 14.1 Å².